The van der Waals surface area contributed by atoms with E-state index in [4.69, 9.17) is 0 Å². The van der Waals surface area contributed by atoms with Gasteiger partial charge in [-0.15, -0.1) is 0 Å². The number of carbonyl (C=O) groups excluding carboxylic acids is 2. The lowest BCUT2D eigenvalue weighted by atomic mass is 10.1. The van der Waals surface area contributed by atoms with Gasteiger partial charge in [0.25, 0.3) is 5.91 Å². The van der Waals surface area contributed by atoms with Gasteiger partial charge in [0.1, 0.15) is 4.90 Å². The average Bonchev–Trinajstić information content (AvgIpc) is 2.68. The minimum absolute atomic E-state index is 0.0122. The molecule has 9 heteroatoms. The molecule has 2 rings (SSSR count). The molecule has 0 bridgehead atoms. The molecule has 0 radical (unpaired) electrons. The lowest BCUT2D eigenvalue weighted by Gasteiger charge is -2.14. The number of pyridine rings is 1. The van der Waals surface area contributed by atoms with Crippen molar-refractivity contribution >= 4 is 27.5 Å². The lowest BCUT2D eigenvalue weighted by molar-refractivity contribution is -0.116. The van der Waals surface area contributed by atoms with Gasteiger partial charge >= 0.3 is 0 Å². The third-order valence-electron chi connectivity index (χ3n) is 4.02. The number of benzene rings is 1. The van der Waals surface area contributed by atoms with Crippen LogP contribution in [0.15, 0.2) is 53.7 Å². The maximum Gasteiger partial charge on any atom is 0.253 e. The Morgan fingerprint density at radius 3 is 2.57 bits per heavy atom. The number of aromatic nitrogens is 1. The maximum absolute atomic E-state index is 12.4. The summed E-state index contributed by atoms with van der Waals surface area (Å²) in [5.41, 5.74) is 0.732. The van der Waals surface area contributed by atoms with Crippen molar-refractivity contribution in [3.63, 3.8) is 0 Å². The monoisotopic (exact) mass is 404 g/mol. The second-order valence-electron chi connectivity index (χ2n) is 6.21. The third-order valence-corrected chi connectivity index (χ3v) is 5.47. The van der Waals surface area contributed by atoms with E-state index in [2.05, 4.69) is 20.3 Å². The molecule has 1 unspecified atom stereocenters. The molecule has 0 aliphatic rings. The van der Waals surface area contributed by atoms with Gasteiger partial charge in [0, 0.05) is 31.4 Å². The van der Waals surface area contributed by atoms with Crippen molar-refractivity contribution in [1.82, 2.24) is 15.0 Å². The second-order valence-corrected chi connectivity index (χ2v) is 7.98. The SMILES string of the molecule is CCC(C)NC(=O)c1ccccc1NC(=O)CCNS(=O)(=O)c1cccnc1. The quantitative estimate of drug-likeness (QED) is 0.590. The summed E-state index contributed by atoms with van der Waals surface area (Å²) in [4.78, 5) is 28.4. The molecule has 1 aromatic heterocycles. The first-order valence-corrected chi connectivity index (χ1v) is 10.4. The first-order valence-electron chi connectivity index (χ1n) is 8.93. The smallest absolute Gasteiger partial charge is 0.253 e. The van der Waals surface area contributed by atoms with Gasteiger partial charge < -0.3 is 10.6 Å². The number of carbonyl (C=O) groups is 2. The Bertz CT molecular complexity index is 917. The molecule has 0 fully saturated rings. The number of anilines is 1. The maximum atomic E-state index is 12.4. The number of rotatable bonds is 9. The topological polar surface area (TPSA) is 117 Å². The number of amides is 2. The Morgan fingerprint density at radius 2 is 1.89 bits per heavy atom. The zero-order valence-electron chi connectivity index (χ0n) is 15.8. The Labute approximate surface area is 164 Å². The number of hydrogen-bond acceptors (Lipinski definition) is 5. The molecule has 150 valence electrons. The average molecular weight is 404 g/mol. The number of nitrogens with zero attached hydrogens (tertiary/aromatic N) is 1. The van der Waals surface area contributed by atoms with Crippen LogP contribution in [-0.4, -0.2) is 37.8 Å². The molecule has 0 aliphatic heterocycles. The van der Waals surface area contributed by atoms with Crippen molar-refractivity contribution in [1.29, 1.82) is 0 Å². The van der Waals surface area contributed by atoms with Crippen LogP contribution in [0.1, 0.15) is 37.0 Å². The van der Waals surface area contributed by atoms with Gasteiger partial charge in [0.05, 0.1) is 11.3 Å². The Hall–Kier alpha value is -2.78. The molecule has 8 nitrogen and oxygen atoms in total. The van der Waals surface area contributed by atoms with Crippen LogP contribution in [0.3, 0.4) is 0 Å². The summed E-state index contributed by atoms with van der Waals surface area (Å²) in [5, 5.41) is 5.51. The Morgan fingerprint density at radius 1 is 1.14 bits per heavy atom. The molecule has 3 N–H and O–H groups in total. The fourth-order valence-corrected chi connectivity index (χ4v) is 3.29. The van der Waals surface area contributed by atoms with Crippen molar-refractivity contribution in [2.45, 2.75) is 37.6 Å². The molecule has 1 aromatic carbocycles. The standard InChI is InChI=1S/C19H24N4O4S/c1-3-14(2)22-19(25)16-8-4-5-9-17(16)23-18(24)10-12-21-28(26,27)15-7-6-11-20-13-15/h4-9,11,13-14,21H,3,10,12H2,1-2H3,(H,22,25)(H,23,24). The summed E-state index contributed by atoms with van der Waals surface area (Å²) in [7, 11) is -3.72. The van der Waals surface area contributed by atoms with Crippen LogP contribution >= 0.6 is 0 Å². The highest BCUT2D eigenvalue weighted by molar-refractivity contribution is 7.89. The summed E-state index contributed by atoms with van der Waals surface area (Å²) in [6.45, 7) is 3.78. The van der Waals surface area contributed by atoms with Gasteiger partial charge in [-0.1, -0.05) is 19.1 Å². The van der Waals surface area contributed by atoms with E-state index in [-0.39, 0.29) is 29.8 Å². The van der Waals surface area contributed by atoms with Crippen LogP contribution in [0, 0.1) is 0 Å². The summed E-state index contributed by atoms with van der Waals surface area (Å²) >= 11 is 0. The van der Waals surface area contributed by atoms with Crippen LogP contribution in [0.5, 0.6) is 0 Å². The van der Waals surface area contributed by atoms with E-state index < -0.39 is 15.9 Å². The molecule has 0 saturated carbocycles. The van der Waals surface area contributed by atoms with Crippen LogP contribution in [-0.2, 0) is 14.8 Å². The predicted octanol–water partition coefficient (Wildman–Crippen LogP) is 1.92. The summed E-state index contributed by atoms with van der Waals surface area (Å²) in [5.74, 6) is -0.680. The first kappa shape index (κ1) is 21.5. The molecule has 1 heterocycles. The highest BCUT2D eigenvalue weighted by Gasteiger charge is 2.16. The molecular weight excluding hydrogens is 380 g/mol. The van der Waals surface area contributed by atoms with Gasteiger partial charge in [0.15, 0.2) is 0 Å². The van der Waals surface area contributed by atoms with Crippen molar-refractivity contribution in [2.24, 2.45) is 0 Å². The number of nitrogens with one attached hydrogen (secondary N) is 3. The molecule has 2 aromatic rings. The predicted molar refractivity (Wildman–Crippen MR) is 106 cm³/mol. The van der Waals surface area contributed by atoms with Gasteiger partial charge in [0.2, 0.25) is 15.9 Å². The zero-order valence-corrected chi connectivity index (χ0v) is 16.6. The van der Waals surface area contributed by atoms with Gasteiger partial charge in [-0.25, -0.2) is 13.1 Å². The van der Waals surface area contributed by atoms with E-state index in [0.29, 0.717) is 11.3 Å². The highest BCUT2D eigenvalue weighted by Crippen LogP contribution is 2.15. The highest BCUT2D eigenvalue weighted by atomic mass is 32.2. The normalized spacial score (nSPS) is 12.2. The third kappa shape index (κ3) is 6.14. The second kappa shape index (κ2) is 9.95. The van der Waals surface area contributed by atoms with Crippen LogP contribution in [0.4, 0.5) is 5.69 Å². The van der Waals surface area contributed by atoms with Gasteiger partial charge in [-0.3, -0.25) is 14.6 Å². The molecule has 0 aliphatic carbocycles. The largest absolute Gasteiger partial charge is 0.350 e. The fourth-order valence-electron chi connectivity index (χ4n) is 2.29. The first-order chi connectivity index (χ1) is 13.3. The van der Waals surface area contributed by atoms with E-state index >= 15 is 0 Å². The van der Waals surface area contributed by atoms with Crippen molar-refractivity contribution in [2.75, 3.05) is 11.9 Å². The number of sulfonamides is 1. The molecule has 1 atom stereocenters. The van der Waals surface area contributed by atoms with Gasteiger partial charge in [-0.2, -0.15) is 0 Å². The summed E-state index contributed by atoms with van der Waals surface area (Å²) in [6, 6.07) is 9.62. The zero-order chi connectivity index (χ0) is 20.6. The molecule has 2 amide bonds. The van der Waals surface area contributed by atoms with Crippen LogP contribution in [0.25, 0.3) is 0 Å². The van der Waals surface area contributed by atoms with Crippen LogP contribution < -0.4 is 15.4 Å². The minimum atomic E-state index is -3.72. The van der Waals surface area contributed by atoms with E-state index in [9.17, 15) is 18.0 Å². The number of hydrogen-bond donors (Lipinski definition) is 3. The Balaban J connectivity index is 1.94. The van der Waals surface area contributed by atoms with Crippen molar-refractivity contribution in [3.8, 4) is 0 Å². The molecule has 0 saturated heterocycles. The van der Waals surface area contributed by atoms with E-state index in [1.165, 1.54) is 24.5 Å². The van der Waals surface area contributed by atoms with Gasteiger partial charge in [-0.05, 0) is 37.6 Å². The van der Waals surface area contributed by atoms with E-state index in [1.54, 1.807) is 24.3 Å². The lowest BCUT2D eigenvalue weighted by Crippen LogP contribution is -2.33. The summed E-state index contributed by atoms with van der Waals surface area (Å²) < 4.78 is 26.6. The molecule has 28 heavy (non-hydrogen) atoms. The van der Waals surface area contributed by atoms with Crippen molar-refractivity contribution < 1.29 is 18.0 Å². The Kier molecular flexibility index (Phi) is 7.65. The van der Waals surface area contributed by atoms with E-state index in [1.807, 2.05) is 13.8 Å². The van der Waals surface area contributed by atoms with E-state index in [0.717, 1.165) is 6.42 Å². The molecular formula is C19H24N4O4S. The number of para-hydroxylation sites is 1. The van der Waals surface area contributed by atoms with Crippen LogP contribution in [0.2, 0.25) is 0 Å². The summed E-state index contributed by atoms with van der Waals surface area (Å²) in [6.07, 6.45) is 3.41. The molecule has 0 spiro atoms. The minimum Gasteiger partial charge on any atom is -0.350 e. The fraction of sp³-hybridized carbons (Fsp3) is 0.316. The van der Waals surface area contributed by atoms with Crippen molar-refractivity contribution in [3.05, 3.63) is 54.4 Å².